The molecule has 0 aliphatic heterocycles. The second kappa shape index (κ2) is 11.4. The van der Waals surface area contributed by atoms with Gasteiger partial charge in [0, 0.05) is 44.3 Å². The minimum Gasteiger partial charge on any atom is -0.396 e. The first-order valence-electron chi connectivity index (χ1n) is 7.78. The Morgan fingerprint density at radius 1 is 1.04 bits per heavy atom. The van der Waals surface area contributed by atoms with Gasteiger partial charge in [0.2, 0.25) is 17.7 Å². The van der Waals surface area contributed by atoms with E-state index >= 15 is 0 Å². The summed E-state index contributed by atoms with van der Waals surface area (Å²) in [6.07, 6.45) is 4.36. The molecule has 0 rings (SSSR count). The standard InChI is InChI=1S/C16H27N3O5/c1-4-5-6-12(21)17-9-10-18-13(22)7-8-19-15(24)14(23)16(2,3)11-20/h1,14,20,23H,5-11H2,2-3H3,(H,17,21)(H,18,22)(H,19,24)/t14-/m0/s1. The monoisotopic (exact) mass is 341 g/mol. The summed E-state index contributed by atoms with van der Waals surface area (Å²) in [5.41, 5.74) is -0.954. The van der Waals surface area contributed by atoms with Gasteiger partial charge in [0.25, 0.3) is 0 Å². The maximum atomic E-state index is 11.7. The number of amides is 3. The quantitative estimate of drug-likeness (QED) is 0.231. The summed E-state index contributed by atoms with van der Waals surface area (Å²) in [4.78, 5) is 34.5. The van der Waals surface area contributed by atoms with Gasteiger partial charge in [-0.25, -0.2) is 0 Å². The number of carbonyl (C=O) groups is 3. The highest BCUT2D eigenvalue weighted by molar-refractivity contribution is 5.82. The normalized spacial score (nSPS) is 12.0. The SMILES string of the molecule is C#CCCC(=O)NCCNC(=O)CCNC(=O)[C@H](O)C(C)(C)CO. The summed E-state index contributed by atoms with van der Waals surface area (Å²) in [5.74, 6) is 1.27. The van der Waals surface area contributed by atoms with Crippen molar-refractivity contribution in [1.29, 1.82) is 0 Å². The zero-order valence-corrected chi connectivity index (χ0v) is 14.2. The summed E-state index contributed by atoms with van der Waals surface area (Å²) in [7, 11) is 0. The predicted octanol–water partition coefficient (Wildman–Crippen LogP) is -1.48. The van der Waals surface area contributed by atoms with Gasteiger partial charge in [0.05, 0.1) is 6.61 Å². The van der Waals surface area contributed by atoms with Crippen LogP contribution in [0.2, 0.25) is 0 Å². The maximum Gasteiger partial charge on any atom is 0.249 e. The first kappa shape index (κ1) is 21.9. The molecule has 0 aromatic rings. The zero-order valence-electron chi connectivity index (χ0n) is 14.2. The molecule has 8 heteroatoms. The van der Waals surface area contributed by atoms with Gasteiger partial charge in [-0.3, -0.25) is 14.4 Å². The Kier molecular flexibility index (Phi) is 10.4. The van der Waals surface area contributed by atoms with Crippen molar-refractivity contribution >= 4 is 17.7 Å². The summed E-state index contributed by atoms with van der Waals surface area (Å²) in [6.45, 7) is 3.41. The molecule has 136 valence electrons. The number of rotatable bonds is 11. The lowest BCUT2D eigenvalue weighted by Crippen LogP contribution is -2.46. The highest BCUT2D eigenvalue weighted by atomic mass is 16.3. The Morgan fingerprint density at radius 2 is 1.58 bits per heavy atom. The van der Waals surface area contributed by atoms with Gasteiger partial charge < -0.3 is 26.2 Å². The van der Waals surface area contributed by atoms with E-state index in [1.165, 1.54) is 0 Å². The first-order chi connectivity index (χ1) is 11.2. The van der Waals surface area contributed by atoms with Gasteiger partial charge in [0.1, 0.15) is 6.10 Å². The lowest BCUT2D eigenvalue weighted by atomic mass is 9.87. The molecule has 0 fully saturated rings. The van der Waals surface area contributed by atoms with E-state index in [4.69, 9.17) is 11.5 Å². The lowest BCUT2D eigenvalue weighted by molar-refractivity contribution is -0.137. The van der Waals surface area contributed by atoms with Crippen LogP contribution in [0.15, 0.2) is 0 Å². The van der Waals surface area contributed by atoms with Crippen LogP contribution in [0.3, 0.4) is 0 Å². The third-order valence-electron chi connectivity index (χ3n) is 3.31. The second-order valence-electron chi connectivity index (χ2n) is 5.99. The second-order valence-corrected chi connectivity index (χ2v) is 5.99. The molecule has 1 atom stereocenters. The summed E-state index contributed by atoms with van der Waals surface area (Å²) in [6, 6.07) is 0. The van der Waals surface area contributed by atoms with Crippen molar-refractivity contribution in [2.24, 2.45) is 5.41 Å². The van der Waals surface area contributed by atoms with E-state index in [1.54, 1.807) is 13.8 Å². The Labute approximate surface area is 142 Å². The molecule has 5 N–H and O–H groups in total. The van der Waals surface area contributed by atoms with Crippen molar-refractivity contribution < 1.29 is 24.6 Å². The minimum absolute atomic E-state index is 0.0447. The molecule has 8 nitrogen and oxygen atoms in total. The van der Waals surface area contributed by atoms with Gasteiger partial charge in [-0.2, -0.15) is 0 Å². The topological polar surface area (TPSA) is 128 Å². The number of hydrogen-bond acceptors (Lipinski definition) is 5. The van der Waals surface area contributed by atoms with Crippen LogP contribution >= 0.6 is 0 Å². The van der Waals surface area contributed by atoms with E-state index in [9.17, 15) is 19.5 Å². The molecule has 0 aromatic heterocycles. The summed E-state index contributed by atoms with van der Waals surface area (Å²) < 4.78 is 0. The number of aliphatic hydroxyl groups excluding tert-OH is 2. The van der Waals surface area contributed by atoms with E-state index < -0.39 is 17.4 Å². The van der Waals surface area contributed by atoms with Crippen LogP contribution in [-0.2, 0) is 14.4 Å². The lowest BCUT2D eigenvalue weighted by Gasteiger charge is -2.27. The fraction of sp³-hybridized carbons (Fsp3) is 0.688. The van der Waals surface area contributed by atoms with Crippen LogP contribution in [0, 0.1) is 17.8 Å². The van der Waals surface area contributed by atoms with Gasteiger partial charge in [0.15, 0.2) is 0 Å². The van der Waals surface area contributed by atoms with Gasteiger partial charge in [-0.15, -0.1) is 12.3 Å². The van der Waals surface area contributed by atoms with E-state index in [0.29, 0.717) is 13.0 Å². The minimum atomic E-state index is -1.36. The molecule has 0 spiro atoms. The molecule has 0 saturated carbocycles. The molecule has 0 radical (unpaired) electrons. The van der Waals surface area contributed by atoms with Crippen LogP contribution in [0.1, 0.15) is 33.1 Å². The molecule has 0 unspecified atom stereocenters. The third kappa shape index (κ3) is 9.12. The Bertz CT molecular complexity index is 471. The Balaban J connectivity index is 3.82. The molecular weight excluding hydrogens is 314 g/mol. The predicted molar refractivity (Wildman–Crippen MR) is 88.6 cm³/mol. The molecule has 3 amide bonds. The van der Waals surface area contributed by atoms with E-state index in [2.05, 4.69) is 21.9 Å². The number of nitrogens with one attached hydrogen (secondary N) is 3. The molecule has 0 heterocycles. The molecular formula is C16H27N3O5. The number of carbonyl (C=O) groups excluding carboxylic acids is 3. The molecule has 0 aliphatic rings. The smallest absolute Gasteiger partial charge is 0.249 e. The highest BCUT2D eigenvalue weighted by Crippen LogP contribution is 2.19. The molecule has 0 saturated heterocycles. The van der Waals surface area contributed by atoms with Gasteiger partial charge >= 0.3 is 0 Å². The number of aliphatic hydroxyl groups is 2. The van der Waals surface area contributed by atoms with Crippen molar-refractivity contribution in [1.82, 2.24) is 16.0 Å². The largest absolute Gasteiger partial charge is 0.396 e. The van der Waals surface area contributed by atoms with Crippen molar-refractivity contribution in [3.05, 3.63) is 0 Å². The fourth-order valence-corrected chi connectivity index (χ4v) is 1.60. The molecule has 0 aromatic carbocycles. The van der Waals surface area contributed by atoms with Gasteiger partial charge in [-0.1, -0.05) is 13.8 Å². The van der Waals surface area contributed by atoms with Crippen LogP contribution < -0.4 is 16.0 Å². The van der Waals surface area contributed by atoms with Crippen molar-refractivity contribution in [2.75, 3.05) is 26.2 Å². The maximum absolute atomic E-state index is 11.7. The van der Waals surface area contributed by atoms with Crippen molar-refractivity contribution in [3.8, 4) is 12.3 Å². The van der Waals surface area contributed by atoms with E-state index in [0.717, 1.165) is 0 Å². The molecule has 24 heavy (non-hydrogen) atoms. The fourth-order valence-electron chi connectivity index (χ4n) is 1.60. The average molecular weight is 341 g/mol. The Morgan fingerprint density at radius 3 is 2.08 bits per heavy atom. The van der Waals surface area contributed by atoms with Crippen LogP contribution in [0.5, 0.6) is 0 Å². The van der Waals surface area contributed by atoms with Crippen LogP contribution in [-0.4, -0.2) is 60.3 Å². The zero-order chi connectivity index (χ0) is 18.6. The number of hydrogen-bond donors (Lipinski definition) is 5. The Hall–Kier alpha value is -2.11. The summed E-state index contributed by atoms with van der Waals surface area (Å²) >= 11 is 0. The van der Waals surface area contributed by atoms with Crippen LogP contribution in [0.4, 0.5) is 0 Å². The van der Waals surface area contributed by atoms with Crippen molar-refractivity contribution in [3.63, 3.8) is 0 Å². The summed E-state index contributed by atoms with van der Waals surface area (Å²) in [5, 5.41) is 26.5. The first-order valence-corrected chi connectivity index (χ1v) is 7.78. The molecule has 0 bridgehead atoms. The average Bonchev–Trinajstić information content (AvgIpc) is 2.55. The number of terminal acetylenes is 1. The van der Waals surface area contributed by atoms with E-state index in [1.807, 2.05) is 0 Å². The van der Waals surface area contributed by atoms with Crippen LogP contribution in [0.25, 0.3) is 0 Å². The van der Waals surface area contributed by atoms with E-state index in [-0.39, 0.29) is 44.4 Å². The van der Waals surface area contributed by atoms with Gasteiger partial charge in [-0.05, 0) is 0 Å². The third-order valence-corrected chi connectivity index (χ3v) is 3.31. The van der Waals surface area contributed by atoms with Crippen molar-refractivity contribution in [2.45, 2.75) is 39.2 Å². The highest BCUT2D eigenvalue weighted by Gasteiger charge is 2.32. The molecule has 0 aliphatic carbocycles.